The number of halogens is 1. The summed E-state index contributed by atoms with van der Waals surface area (Å²) in [4.78, 5) is 29.1. The van der Waals surface area contributed by atoms with Gasteiger partial charge in [0.1, 0.15) is 0 Å². The number of carbonyl (C=O) groups excluding carboxylic acids is 1. The molecular formula is C24H29FN8O. The first kappa shape index (κ1) is 22.3. The number of piperidine rings is 1. The number of hydrogen-bond donors (Lipinski definition) is 2. The van der Waals surface area contributed by atoms with Crippen molar-refractivity contribution < 1.29 is 9.18 Å². The molecule has 0 bridgehead atoms. The Morgan fingerprint density at radius 3 is 2.74 bits per heavy atom. The van der Waals surface area contributed by atoms with E-state index >= 15 is 0 Å². The average molecular weight is 465 g/mol. The quantitative estimate of drug-likeness (QED) is 0.598. The number of amides is 1. The third kappa shape index (κ3) is 4.21. The smallest absolute Gasteiger partial charge is 0.243 e. The Labute approximate surface area is 197 Å². The zero-order valence-corrected chi connectivity index (χ0v) is 19.4. The second kappa shape index (κ2) is 9.02. The third-order valence-electron chi connectivity index (χ3n) is 6.44. The number of benzene rings is 1. The summed E-state index contributed by atoms with van der Waals surface area (Å²) >= 11 is 0. The Morgan fingerprint density at radius 2 is 1.97 bits per heavy atom. The van der Waals surface area contributed by atoms with Crippen LogP contribution in [0.15, 0.2) is 36.8 Å². The van der Waals surface area contributed by atoms with Crippen molar-refractivity contribution in [1.82, 2.24) is 19.5 Å². The monoisotopic (exact) mass is 464 g/mol. The van der Waals surface area contributed by atoms with Gasteiger partial charge in [-0.25, -0.2) is 14.4 Å². The third-order valence-corrected chi connectivity index (χ3v) is 6.44. The average Bonchev–Trinajstić information content (AvgIpc) is 3.26. The summed E-state index contributed by atoms with van der Waals surface area (Å²) in [6.07, 6.45) is 5.40. The van der Waals surface area contributed by atoms with Gasteiger partial charge in [0.25, 0.3) is 0 Å². The van der Waals surface area contributed by atoms with E-state index < -0.39 is 11.9 Å². The van der Waals surface area contributed by atoms with Crippen LogP contribution >= 0.6 is 0 Å². The number of nitrogens with one attached hydrogen (secondary N) is 1. The van der Waals surface area contributed by atoms with Crippen molar-refractivity contribution in [3.63, 3.8) is 0 Å². The van der Waals surface area contributed by atoms with Gasteiger partial charge in [0.05, 0.1) is 36.5 Å². The normalized spacial score (nSPS) is 18.4. The summed E-state index contributed by atoms with van der Waals surface area (Å²) in [6.45, 7) is 6.05. The maximum atomic E-state index is 14.7. The first-order chi connectivity index (χ1) is 16.4. The summed E-state index contributed by atoms with van der Waals surface area (Å²) in [7, 11) is 0. The second-order valence-electron chi connectivity index (χ2n) is 9.09. The molecule has 178 valence electrons. The fourth-order valence-electron chi connectivity index (χ4n) is 4.59. The van der Waals surface area contributed by atoms with Gasteiger partial charge >= 0.3 is 0 Å². The Morgan fingerprint density at radius 1 is 1.18 bits per heavy atom. The van der Waals surface area contributed by atoms with Gasteiger partial charge in [0.15, 0.2) is 11.6 Å². The van der Waals surface area contributed by atoms with E-state index in [9.17, 15) is 9.18 Å². The number of aromatic nitrogens is 4. The predicted molar refractivity (Wildman–Crippen MR) is 129 cm³/mol. The van der Waals surface area contributed by atoms with Crippen molar-refractivity contribution >= 4 is 29.0 Å². The molecule has 3 aromatic rings. The Kier molecular flexibility index (Phi) is 5.91. The van der Waals surface area contributed by atoms with Crippen molar-refractivity contribution in [3.8, 4) is 0 Å². The molecule has 9 nitrogen and oxygen atoms in total. The molecule has 0 saturated carbocycles. The van der Waals surface area contributed by atoms with E-state index in [-0.39, 0.29) is 17.8 Å². The number of nitrogens with zero attached hydrogens (tertiary/aromatic N) is 6. The Balaban J connectivity index is 1.32. The fraction of sp³-hybridized carbons (Fsp3) is 0.417. The molecule has 1 fully saturated rings. The molecule has 0 spiro atoms. The number of hydrogen-bond acceptors (Lipinski definition) is 7. The summed E-state index contributed by atoms with van der Waals surface area (Å²) in [5.74, 6) is 0.0643. The number of nitrogens with two attached hydrogens (primary N) is 1. The fourth-order valence-corrected chi connectivity index (χ4v) is 4.59. The maximum absolute atomic E-state index is 14.7. The molecule has 34 heavy (non-hydrogen) atoms. The highest BCUT2D eigenvalue weighted by Gasteiger charge is 2.27. The second-order valence-corrected chi connectivity index (χ2v) is 9.09. The van der Waals surface area contributed by atoms with Crippen LogP contribution < -0.4 is 20.9 Å². The standard InChI is InChI=1S/C24H29FN8O/c1-15(2)33-14-28-20-9-11-31(13-21(20)33)22-18(25)12-27-24(30-22)29-16-5-7-17(8-6-16)32-10-3-4-19(26)23(32)34/h5-8,12,14-15,19H,3-4,9-11,13,26H2,1-2H3,(H,27,29,30). The van der Waals surface area contributed by atoms with Gasteiger partial charge in [0.2, 0.25) is 11.9 Å². The number of carbonyl (C=O) groups is 1. The molecule has 10 heteroatoms. The van der Waals surface area contributed by atoms with E-state index in [1.165, 1.54) is 6.20 Å². The van der Waals surface area contributed by atoms with E-state index in [0.717, 1.165) is 42.0 Å². The Hall–Kier alpha value is -3.53. The van der Waals surface area contributed by atoms with Crippen molar-refractivity contribution in [2.75, 3.05) is 28.2 Å². The zero-order valence-electron chi connectivity index (χ0n) is 19.4. The molecule has 1 amide bonds. The van der Waals surface area contributed by atoms with Crippen molar-refractivity contribution in [2.45, 2.75) is 51.7 Å². The van der Waals surface area contributed by atoms with Crippen LogP contribution in [0.4, 0.5) is 27.5 Å². The van der Waals surface area contributed by atoms with E-state index in [1.807, 2.05) is 35.5 Å². The van der Waals surface area contributed by atoms with Gasteiger partial charge in [-0.05, 0) is 51.0 Å². The van der Waals surface area contributed by atoms with Gasteiger partial charge in [-0.2, -0.15) is 4.98 Å². The SMILES string of the molecule is CC(C)n1cnc2c1CN(c1nc(Nc3ccc(N4CCCC(N)C4=O)cc3)ncc1F)CC2. The molecule has 1 aromatic carbocycles. The molecule has 2 aromatic heterocycles. The maximum Gasteiger partial charge on any atom is 0.243 e. The Bertz CT molecular complexity index is 1190. The molecule has 3 N–H and O–H groups in total. The highest BCUT2D eigenvalue weighted by atomic mass is 19.1. The van der Waals surface area contributed by atoms with E-state index in [2.05, 4.69) is 38.7 Å². The molecule has 1 saturated heterocycles. The lowest BCUT2D eigenvalue weighted by Crippen LogP contribution is -2.48. The van der Waals surface area contributed by atoms with Gasteiger partial charge in [-0.15, -0.1) is 0 Å². The van der Waals surface area contributed by atoms with Crippen molar-refractivity contribution in [1.29, 1.82) is 0 Å². The summed E-state index contributed by atoms with van der Waals surface area (Å²) in [5.41, 5.74) is 9.61. The van der Waals surface area contributed by atoms with E-state index in [1.54, 1.807) is 4.90 Å². The minimum Gasteiger partial charge on any atom is -0.348 e. The molecule has 2 aliphatic heterocycles. The van der Waals surface area contributed by atoms with Crippen LogP contribution in [-0.4, -0.2) is 44.6 Å². The largest absolute Gasteiger partial charge is 0.348 e. The van der Waals surface area contributed by atoms with Crippen LogP contribution in [0.1, 0.15) is 44.1 Å². The van der Waals surface area contributed by atoms with Gasteiger partial charge in [0, 0.05) is 36.9 Å². The predicted octanol–water partition coefficient (Wildman–Crippen LogP) is 3.15. The molecule has 1 unspecified atom stereocenters. The lowest BCUT2D eigenvalue weighted by Gasteiger charge is -2.30. The zero-order chi connectivity index (χ0) is 23.8. The van der Waals surface area contributed by atoms with Crippen molar-refractivity contribution in [2.24, 2.45) is 5.73 Å². The lowest BCUT2D eigenvalue weighted by molar-refractivity contribution is -0.120. The van der Waals surface area contributed by atoms with Crippen LogP contribution in [0.5, 0.6) is 0 Å². The number of rotatable bonds is 5. The first-order valence-electron chi connectivity index (χ1n) is 11.7. The van der Waals surface area contributed by atoms with Gasteiger partial charge < -0.3 is 25.4 Å². The van der Waals surface area contributed by atoms with E-state index in [0.29, 0.717) is 25.6 Å². The highest BCUT2D eigenvalue weighted by Crippen LogP contribution is 2.28. The van der Waals surface area contributed by atoms with Crippen LogP contribution in [0.25, 0.3) is 0 Å². The highest BCUT2D eigenvalue weighted by molar-refractivity contribution is 5.97. The van der Waals surface area contributed by atoms with E-state index in [4.69, 9.17) is 5.73 Å². The minimum absolute atomic E-state index is 0.0537. The topological polar surface area (TPSA) is 105 Å². The van der Waals surface area contributed by atoms with Gasteiger partial charge in [-0.1, -0.05) is 0 Å². The first-order valence-corrected chi connectivity index (χ1v) is 11.7. The number of fused-ring (bicyclic) bond motifs is 1. The molecule has 4 heterocycles. The minimum atomic E-state index is -0.458. The number of anilines is 4. The summed E-state index contributed by atoms with van der Waals surface area (Å²) in [5, 5.41) is 3.14. The van der Waals surface area contributed by atoms with Crippen LogP contribution in [-0.2, 0) is 17.8 Å². The molecule has 5 rings (SSSR count). The molecule has 1 atom stereocenters. The molecule has 2 aliphatic rings. The summed E-state index contributed by atoms with van der Waals surface area (Å²) < 4.78 is 16.8. The van der Waals surface area contributed by atoms with Gasteiger partial charge in [-0.3, -0.25) is 4.79 Å². The number of imidazole rings is 1. The van der Waals surface area contributed by atoms with Crippen LogP contribution in [0, 0.1) is 5.82 Å². The molecule has 0 aliphatic carbocycles. The van der Waals surface area contributed by atoms with Crippen LogP contribution in [0.3, 0.4) is 0 Å². The molecule has 0 radical (unpaired) electrons. The summed E-state index contributed by atoms with van der Waals surface area (Å²) in [6, 6.07) is 7.27. The molecular weight excluding hydrogens is 435 g/mol. The van der Waals surface area contributed by atoms with Crippen molar-refractivity contribution in [3.05, 3.63) is 54.0 Å². The van der Waals surface area contributed by atoms with Crippen LogP contribution in [0.2, 0.25) is 0 Å². The lowest BCUT2D eigenvalue weighted by atomic mass is 10.0.